The van der Waals surface area contributed by atoms with Crippen LogP contribution in [0, 0.1) is 6.92 Å². The van der Waals surface area contributed by atoms with Crippen LogP contribution < -0.4 is 10.2 Å². The number of H-pyrrole nitrogens is 1. The van der Waals surface area contributed by atoms with Gasteiger partial charge in [-0.2, -0.15) is 0 Å². The van der Waals surface area contributed by atoms with E-state index < -0.39 is 11.0 Å². The van der Waals surface area contributed by atoms with E-state index in [1.807, 2.05) is 43.3 Å². The number of benzene rings is 1. The predicted molar refractivity (Wildman–Crippen MR) is 116 cm³/mol. The van der Waals surface area contributed by atoms with Crippen LogP contribution in [0.2, 0.25) is 5.15 Å². The van der Waals surface area contributed by atoms with Gasteiger partial charge in [-0.3, -0.25) is 4.79 Å². The van der Waals surface area contributed by atoms with Crippen molar-refractivity contribution in [3.63, 3.8) is 0 Å². The molecule has 1 atom stereocenters. The summed E-state index contributed by atoms with van der Waals surface area (Å²) in [5.41, 5.74) is 3.51. The van der Waals surface area contributed by atoms with Crippen LogP contribution in [0.4, 0.5) is 0 Å². The quantitative estimate of drug-likeness (QED) is 0.487. The summed E-state index contributed by atoms with van der Waals surface area (Å²) in [6.45, 7) is 1.83. The smallest absolute Gasteiger partial charge is 0.192 e. The van der Waals surface area contributed by atoms with E-state index in [0.717, 1.165) is 5.56 Å². The lowest BCUT2D eigenvalue weighted by Gasteiger charge is -2.17. The van der Waals surface area contributed by atoms with Crippen molar-refractivity contribution >= 4 is 33.6 Å². The number of pyridine rings is 3. The number of aromatic amines is 1. The molecule has 3 aromatic heterocycles. The molecule has 29 heavy (non-hydrogen) atoms. The topological polar surface area (TPSA) is 87.7 Å². The van der Waals surface area contributed by atoms with Crippen LogP contribution in [-0.2, 0) is 11.0 Å². The number of hydrogen-bond acceptors (Lipinski definition) is 4. The van der Waals surface area contributed by atoms with Gasteiger partial charge in [-0.1, -0.05) is 41.9 Å². The maximum absolute atomic E-state index is 13.1. The van der Waals surface area contributed by atoms with Crippen molar-refractivity contribution in [2.45, 2.75) is 11.8 Å². The third-order valence-electron chi connectivity index (χ3n) is 4.48. The van der Waals surface area contributed by atoms with E-state index in [0.29, 0.717) is 38.2 Å². The Labute approximate surface area is 174 Å². The first kappa shape index (κ1) is 19.4. The SMILES string of the molecule is CNS(=O)c1c(-c2cc(C)nc(Cl)c2)c(-c2ccccc2)nc2[nH]ccc(=O)c12. The van der Waals surface area contributed by atoms with Crippen LogP contribution in [0.15, 0.2) is 64.4 Å². The molecule has 8 heteroatoms. The summed E-state index contributed by atoms with van der Waals surface area (Å²) in [5, 5.41) is 0.586. The van der Waals surface area contributed by atoms with E-state index in [4.69, 9.17) is 16.6 Å². The molecular weight excluding hydrogens is 408 g/mol. The number of halogens is 1. The van der Waals surface area contributed by atoms with E-state index in [9.17, 15) is 9.00 Å². The first-order valence-corrected chi connectivity index (χ1v) is 10.4. The summed E-state index contributed by atoms with van der Waals surface area (Å²) in [6.07, 6.45) is 1.53. The number of aromatic nitrogens is 3. The average Bonchev–Trinajstić information content (AvgIpc) is 2.72. The van der Waals surface area contributed by atoms with E-state index in [2.05, 4.69) is 14.7 Å². The summed E-state index contributed by atoms with van der Waals surface area (Å²) >= 11 is 6.22. The van der Waals surface area contributed by atoms with Crippen molar-refractivity contribution in [3.05, 3.63) is 75.8 Å². The average molecular weight is 425 g/mol. The molecular formula is C21H17ClN4O2S. The summed E-state index contributed by atoms with van der Waals surface area (Å²) in [7, 11) is -0.0784. The minimum Gasteiger partial charge on any atom is -0.346 e. The number of fused-ring (bicyclic) bond motifs is 1. The molecule has 0 fully saturated rings. The number of rotatable bonds is 4. The summed E-state index contributed by atoms with van der Waals surface area (Å²) in [6, 6.07) is 14.5. The van der Waals surface area contributed by atoms with Gasteiger partial charge in [0.2, 0.25) is 0 Å². The second-order valence-electron chi connectivity index (χ2n) is 6.39. The molecule has 0 bridgehead atoms. The lowest BCUT2D eigenvalue weighted by molar-refractivity contribution is 0.678. The minimum absolute atomic E-state index is 0.261. The number of hydrogen-bond donors (Lipinski definition) is 2. The maximum atomic E-state index is 13.1. The molecule has 0 spiro atoms. The molecule has 1 aromatic carbocycles. The monoisotopic (exact) mass is 424 g/mol. The fraction of sp³-hybridized carbons (Fsp3) is 0.0952. The first-order chi connectivity index (χ1) is 14.0. The molecule has 4 rings (SSSR count). The highest BCUT2D eigenvalue weighted by Crippen LogP contribution is 2.38. The van der Waals surface area contributed by atoms with Gasteiger partial charge in [0.1, 0.15) is 21.8 Å². The minimum atomic E-state index is -1.66. The molecule has 0 radical (unpaired) electrons. The second kappa shape index (κ2) is 7.87. The molecule has 6 nitrogen and oxygen atoms in total. The Balaban J connectivity index is 2.25. The molecule has 4 aromatic rings. The summed E-state index contributed by atoms with van der Waals surface area (Å²) < 4.78 is 15.9. The second-order valence-corrected chi connectivity index (χ2v) is 8.13. The van der Waals surface area contributed by atoms with Crippen molar-refractivity contribution in [2.75, 3.05) is 7.05 Å². The molecule has 0 saturated heterocycles. The van der Waals surface area contributed by atoms with Crippen LogP contribution in [0.25, 0.3) is 33.4 Å². The third kappa shape index (κ3) is 3.60. The van der Waals surface area contributed by atoms with E-state index in [-0.39, 0.29) is 10.8 Å². The molecule has 0 aliphatic carbocycles. The normalized spacial score (nSPS) is 12.2. The van der Waals surface area contributed by atoms with Crippen molar-refractivity contribution in [1.29, 1.82) is 0 Å². The van der Waals surface area contributed by atoms with Gasteiger partial charge in [0.15, 0.2) is 5.43 Å². The lowest BCUT2D eigenvalue weighted by atomic mass is 9.98. The maximum Gasteiger partial charge on any atom is 0.192 e. The molecule has 3 heterocycles. The van der Waals surface area contributed by atoms with Gasteiger partial charge in [0.05, 0.1) is 16.0 Å². The highest BCUT2D eigenvalue weighted by molar-refractivity contribution is 7.83. The highest BCUT2D eigenvalue weighted by Gasteiger charge is 2.24. The van der Waals surface area contributed by atoms with Crippen LogP contribution >= 0.6 is 11.6 Å². The molecule has 0 saturated carbocycles. The first-order valence-electron chi connectivity index (χ1n) is 8.84. The zero-order chi connectivity index (χ0) is 20.5. The van der Waals surface area contributed by atoms with Gasteiger partial charge < -0.3 is 4.98 Å². The fourth-order valence-corrected chi connectivity index (χ4v) is 4.55. The van der Waals surface area contributed by atoms with Crippen molar-refractivity contribution in [1.82, 2.24) is 19.7 Å². The van der Waals surface area contributed by atoms with Gasteiger partial charge in [-0.25, -0.2) is 18.9 Å². The van der Waals surface area contributed by atoms with Gasteiger partial charge in [0.25, 0.3) is 0 Å². The largest absolute Gasteiger partial charge is 0.346 e. The van der Waals surface area contributed by atoms with Gasteiger partial charge in [0, 0.05) is 29.1 Å². The zero-order valence-corrected chi connectivity index (χ0v) is 17.3. The Bertz CT molecular complexity index is 1290. The third-order valence-corrected chi connectivity index (χ3v) is 5.82. The molecule has 0 amide bonds. The van der Waals surface area contributed by atoms with Crippen LogP contribution in [0.5, 0.6) is 0 Å². The molecule has 146 valence electrons. The van der Waals surface area contributed by atoms with E-state index in [1.54, 1.807) is 13.1 Å². The molecule has 0 aliphatic rings. The Morgan fingerprint density at radius 1 is 1.07 bits per heavy atom. The van der Waals surface area contributed by atoms with Crippen molar-refractivity contribution in [2.24, 2.45) is 0 Å². The zero-order valence-electron chi connectivity index (χ0n) is 15.7. The van der Waals surface area contributed by atoms with Crippen LogP contribution in [-0.4, -0.2) is 26.2 Å². The van der Waals surface area contributed by atoms with Gasteiger partial charge in [-0.05, 0) is 31.7 Å². The Kier molecular flexibility index (Phi) is 5.27. The Morgan fingerprint density at radius 2 is 1.83 bits per heavy atom. The van der Waals surface area contributed by atoms with Crippen molar-refractivity contribution in [3.8, 4) is 22.4 Å². The Hall–Kier alpha value is -2.87. The number of nitrogens with one attached hydrogen (secondary N) is 2. The van der Waals surface area contributed by atoms with Gasteiger partial charge in [-0.15, -0.1) is 0 Å². The molecule has 1 unspecified atom stereocenters. The standard InChI is InChI=1S/C21H17ClN4O2S/c1-12-10-14(11-16(22)25-12)17-19(13-6-4-3-5-7-13)26-21-18(15(27)8-9-24-21)20(17)29(28)23-2/h3-11,23H,1-2H3,(H,24,26,27). The van der Waals surface area contributed by atoms with Crippen LogP contribution in [0.1, 0.15) is 5.69 Å². The number of aryl methyl sites for hydroxylation is 1. The molecule has 0 aliphatic heterocycles. The van der Waals surface area contributed by atoms with Crippen LogP contribution in [0.3, 0.4) is 0 Å². The highest BCUT2D eigenvalue weighted by atomic mass is 35.5. The summed E-state index contributed by atoms with van der Waals surface area (Å²) in [5.74, 6) is 0. The van der Waals surface area contributed by atoms with Gasteiger partial charge >= 0.3 is 0 Å². The molecule has 2 N–H and O–H groups in total. The van der Waals surface area contributed by atoms with E-state index in [1.165, 1.54) is 12.3 Å². The Morgan fingerprint density at radius 3 is 2.52 bits per heavy atom. The fourth-order valence-electron chi connectivity index (χ4n) is 3.31. The number of nitrogens with zero attached hydrogens (tertiary/aromatic N) is 2. The van der Waals surface area contributed by atoms with E-state index >= 15 is 0 Å². The predicted octanol–water partition coefficient (Wildman–Crippen LogP) is 3.86. The van der Waals surface area contributed by atoms with Crippen molar-refractivity contribution < 1.29 is 4.21 Å². The summed E-state index contributed by atoms with van der Waals surface area (Å²) in [4.78, 5) is 25.1. The lowest BCUT2D eigenvalue weighted by Crippen LogP contribution is -2.17.